The lowest BCUT2D eigenvalue weighted by molar-refractivity contribution is -0.385. The first-order valence-corrected chi connectivity index (χ1v) is 7.90. The Balaban J connectivity index is 2.81. The fraction of sp³-hybridized carbons (Fsp3) is 0.500. The highest BCUT2D eigenvalue weighted by Crippen LogP contribution is 2.23. The van der Waals surface area contributed by atoms with E-state index < -0.39 is 14.9 Å². The van der Waals surface area contributed by atoms with Crippen molar-refractivity contribution in [2.24, 2.45) is 0 Å². The first kappa shape index (κ1) is 16.4. The van der Waals surface area contributed by atoms with E-state index in [9.17, 15) is 18.5 Å². The van der Waals surface area contributed by atoms with Gasteiger partial charge in [-0.05, 0) is 12.5 Å². The molecule has 1 aromatic carbocycles. The summed E-state index contributed by atoms with van der Waals surface area (Å²) in [5.74, 6) is 0. The van der Waals surface area contributed by atoms with E-state index in [-0.39, 0.29) is 16.3 Å². The van der Waals surface area contributed by atoms with Gasteiger partial charge >= 0.3 is 0 Å². The summed E-state index contributed by atoms with van der Waals surface area (Å²) >= 11 is 0. The number of benzene rings is 1. The van der Waals surface area contributed by atoms with Crippen molar-refractivity contribution in [3.8, 4) is 0 Å². The second kappa shape index (κ2) is 7.20. The third-order valence-corrected chi connectivity index (χ3v) is 4.34. The molecule has 20 heavy (non-hydrogen) atoms. The molecule has 0 aliphatic rings. The molecule has 1 rings (SSSR count). The predicted octanol–water partition coefficient (Wildman–Crippen LogP) is 2.04. The summed E-state index contributed by atoms with van der Waals surface area (Å²) in [7, 11) is -3.81. The molecule has 0 atom stereocenters. The van der Waals surface area contributed by atoms with E-state index >= 15 is 0 Å². The molecule has 0 spiro atoms. The van der Waals surface area contributed by atoms with E-state index in [1.165, 1.54) is 12.1 Å². The van der Waals surface area contributed by atoms with Crippen LogP contribution >= 0.6 is 0 Å². The van der Waals surface area contributed by atoms with Gasteiger partial charge in [0.1, 0.15) is 4.90 Å². The van der Waals surface area contributed by atoms with Crippen molar-refractivity contribution in [3.05, 3.63) is 28.3 Å². The van der Waals surface area contributed by atoms with Crippen LogP contribution in [0.3, 0.4) is 0 Å². The number of nitrogens with zero attached hydrogens (tertiary/aromatic N) is 1. The third-order valence-electron chi connectivity index (χ3n) is 2.82. The zero-order valence-electron chi connectivity index (χ0n) is 11.3. The number of sulfonamides is 1. The van der Waals surface area contributed by atoms with Crippen LogP contribution in [0.4, 0.5) is 11.4 Å². The van der Waals surface area contributed by atoms with Gasteiger partial charge in [-0.2, -0.15) is 0 Å². The number of hydrogen-bond acceptors (Lipinski definition) is 5. The molecule has 1 aromatic rings. The van der Waals surface area contributed by atoms with Gasteiger partial charge < -0.3 is 5.73 Å². The lowest BCUT2D eigenvalue weighted by Gasteiger charge is -2.08. The standard InChI is InChI=1S/C12H19N3O4S/c1-2-3-4-5-8-14-20(18,19)12-9-10(15(16)17)6-7-11(12)13/h6-7,9,14H,2-5,8,13H2,1H3. The SMILES string of the molecule is CCCCCCNS(=O)(=O)c1cc([N+](=O)[O-])ccc1N. The number of nitrogens with one attached hydrogen (secondary N) is 1. The Morgan fingerprint density at radius 2 is 2.00 bits per heavy atom. The number of nitrogen functional groups attached to an aromatic ring is 1. The second-order valence-electron chi connectivity index (χ2n) is 4.44. The molecule has 0 heterocycles. The van der Waals surface area contributed by atoms with E-state index in [0.717, 1.165) is 31.7 Å². The van der Waals surface area contributed by atoms with Crippen LogP contribution in [0.15, 0.2) is 23.1 Å². The van der Waals surface area contributed by atoms with Crippen molar-refractivity contribution >= 4 is 21.4 Å². The van der Waals surface area contributed by atoms with Gasteiger partial charge in [0.15, 0.2) is 0 Å². The van der Waals surface area contributed by atoms with E-state index in [1.807, 2.05) is 0 Å². The number of non-ortho nitro benzene ring substituents is 1. The number of nitro benzene ring substituents is 1. The Hall–Kier alpha value is -1.67. The smallest absolute Gasteiger partial charge is 0.270 e. The predicted molar refractivity (Wildman–Crippen MR) is 76.8 cm³/mol. The average molecular weight is 301 g/mol. The lowest BCUT2D eigenvalue weighted by atomic mass is 10.2. The normalized spacial score (nSPS) is 11.4. The van der Waals surface area contributed by atoms with Crippen LogP contribution < -0.4 is 10.5 Å². The number of hydrogen-bond donors (Lipinski definition) is 2. The van der Waals surface area contributed by atoms with Gasteiger partial charge in [-0.15, -0.1) is 0 Å². The molecule has 8 heteroatoms. The van der Waals surface area contributed by atoms with E-state index in [0.29, 0.717) is 6.54 Å². The highest BCUT2D eigenvalue weighted by atomic mass is 32.2. The van der Waals surface area contributed by atoms with Crippen molar-refractivity contribution in [2.75, 3.05) is 12.3 Å². The summed E-state index contributed by atoms with van der Waals surface area (Å²) in [4.78, 5) is 9.77. The summed E-state index contributed by atoms with van der Waals surface area (Å²) in [6, 6.07) is 3.38. The quantitative estimate of drug-likeness (QED) is 0.330. The fourth-order valence-corrected chi connectivity index (χ4v) is 2.93. The first-order valence-electron chi connectivity index (χ1n) is 6.42. The minimum atomic E-state index is -3.81. The van der Waals surface area contributed by atoms with Crippen LogP contribution in [0.25, 0.3) is 0 Å². The molecule has 0 aliphatic carbocycles. The largest absolute Gasteiger partial charge is 0.398 e. The number of rotatable bonds is 8. The number of nitrogens with two attached hydrogens (primary N) is 1. The summed E-state index contributed by atoms with van der Waals surface area (Å²) in [5.41, 5.74) is 5.28. The molecular formula is C12H19N3O4S. The molecule has 0 bridgehead atoms. The number of anilines is 1. The minimum absolute atomic E-state index is 0.00309. The molecule has 0 saturated carbocycles. The van der Waals surface area contributed by atoms with Crippen LogP contribution in [0.2, 0.25) is 0 Å². The fourth-order valence-electron chi connectivity index (χ4n) is 1.71. The highest BCUT2D eigenvalue weighted by Gasteiger charge is 2.20. The van der Waals surface area contributed by atoms with Crippen molar-refractivity contribution < 1.29 is 13.3 Å². The second-order valence-corrected chi connectivity index (χ2v) is 6.17. The van der Waals surface area contributed by atoms with E-state index in [2.05, 4.69) is 11.6 Å². The molecule has 0 aliphatic heterocycles. The van der Waals surface area contributed by atoms with Crippen LogP contribution in [0.5, 0.6) is 0 Å². The molecule has 0 aromatic heterocycles. The maximum absolute atomic E-state index is 12.0. The van der Waals surface area contributed by atoms with Gasteiger partial charge in [-0.3, -0.25) is 10.1 Å². The topological polar surface area (TPSA) is 115 Å². The highest BCUT2D eigenvalue weighted by molar-refractivity contribution is 7.89. The average Bonchev–Trinajstić information content (AvgIpc) is 2.38. The summed E-state index contributed by atoms with van der Waals surface area (Å²) < 4.78 is 26.5. The zero-order chi connectivity index (χ0) is 15.2. The Morgan fingerprint density at radius 1 is 1.30 bits per heavy atom. The Labute approximate surface area is 118 Å². The van der Waals surface area contributed by atoms with Crippen molar-refractivity contribution in [3.63, 3.8) is 0 Å². The first-order chi connectivity index (χ1) is 9.38. The molecule has 0 saturated heterocycles. The van der Waals surface area contributed by atoms with Gasteiger partial charge in [0, 0.05) is 18.7 Å². The molecule has 3 N–H and O–H groups in total. The molecule has 0 radical (unpaired) electrons. The zero-order valence-corrected chi connectivity index (χ0v) is 12.1. The Kier molecular flexibility index (Phi) is 5.90. The monoisotopic (exact) mass is 301 g/mol. The number of nitro groups is 1. The summed E-state index contributed by atoms with van der Waals surface area (Å²) in [5, 5.41) is 10.7. The van der Waals surface area contributed by atoms with E-state index in [1.54, 1.807) is 0 Å². The Bertz CT molecular complexity index is 572. The van der Waals surface area contributed by atoms with Crippen molar-refractivity contribution in [2.45, 2.75) is 37.5 Å². The van der Waals surface area contributed by atoms with Gasteiger partial charge in [-0.1, -0.05) is 26.2 Å². The molecular weight excluding hydrogens is 282 g/mol. The van der Waals surface area contributed by atoms with Gasteiger partial charge in [0.25, 0.3) is 5.69 Å². The molecule has 0 fully saturated rings. The third kappa shape index (κ3) is 4.46. The lowest BCUT2D eigenvalue weighted by Crippen LogP contribution is -2.25. The molecule has 0 amide bonds. The summed E-state index contributed by atoms with van der Waals surface area (Å²) in [6.45, 7) is 2.36. The van der Waals surface area contributed by atoms with Crippen molar-refractivity contribution in [1.82, 2.24) is 4.72 Å². The van der Waals surface area contributed by atoms with Gasteiger partial charge in [0.05, 0.1) is 10.6 Å². The van der Waals surface area contributed by atoms with Gasteiger partial charge in [-0.25, -0.2) is 13.1 Å². The number of unbranched alkanes of at least 4 members (excludes halogenated alkanes) is 3. The molecule has 0 unspecified atom stereocenters. The molecule has 7 nitrogen and oxygen atoms in total. The van der Waals surface area contributed by atoms with Crippen LogP contribution in [-0.4, -0.2) is 19.9 Å². The van der Waals surface area contributed by atoms with Crippen LogP contribution in [-0.2, 0) is 10.0 Å². The van der Waals surface area contributed by atoms with Gasteiger partial charge in [0.2, 0.25) is 10.0 Å². The molecule has 112 valence electrons. The maximum Gasteiger partial charge on any atom is 0.270 e. The Morgan fingerprint density at radius 3 is 2.60 bits per heavy atom. The summed E-state index contributed by atoms with van der Waals surface area (Å²) in [6.07, 6.45) is 3.76. The van der Waals surface area contributed by atoms with E-state index in [4.69, 9.17) is 5.73 Å². The van der Waals surface area contributed by atoms with Crippen LogP contribution in [0.1, 0.15) is 32.6 Å². The van der Waals surface area contributed by atoms with Crippen molar-refractivity contribution in [1.29, 1.82) is 0 Å². The maximum atomic E-state index is 12.0. The minimum Gasteiger partial charge on any atom is -0.398 e. The van der Waals surface area contributed by atoms with Crippen LogP contribution in [0, 0.1) is 10.1 Å².